The largest absolute Gasteiger partial charge is 0.399 e. The van der Waals surface area contributed by atoms with Crippen molar-refractivity contribution in [2.45, 2.75) is 4.90 Å². The van der Waals surface area contributed by atoms with Crippen molar-refractivity contribution in [3.05, 3.63) is 24.3 Å². The maximum atomic E-state index is 11.5. The van der Waals surface area contributed by atoms with Gasteiger partial charge in [0.25, 0.3) is 0 Å². The molecule has 8 heteroatoms. The Kier molecular flexibility index (Phi) is 3.03. The van der Waals surface area contributed by atoms with E-state index < -0.39 is 24.9 Å². The molecule has 0 aromatic heterocycles. The lowest BCUT2D eigenvalue weighted by Crippen LogP contribution is -2.23. The summed E-state index contributed by atoms with van der Waals surface area (Å²) in [6.07, 6.45) is 0. The van der Waals surface area contributed by atoms with Crippen LogP contribution in [0.25, 0.3) is 0 Å². The molecule has 0 unspecified atom stereocenters. The molecule has 1 aromatic carbocycles. The van der Waals surface area contributed by atoms with E-state index in [2.05, 4.69) is 5.14 Å². The van der Waals surface area contributed by atoms with Crippen LogP contribution in [0.2, 0.25) is 0 Å². The van der Waals surface area contributed by atoms with Gasteiger partial charge in [0.15, 0.2) is 14.9 Å². The van der Waals surface area contributed by atoms with Crippen molar-refractivity contribution in [2.24, 2.45) is 5.14 Å². The zero-order valence-electron chi connectivity index (χ0n) is 7.62. The fourth-order valence-electron chi connectivity index (χ4n) is 0.992. The van der Waals surface area contributed by atoms with Crippen LogP contribution in [0, 0.1) is 0 Å². The van der Waals surface area contributed by atoms with E-state index in [4.69, 9.17) is 5.73 Å². The summed E-state index contributed by atoms with van der Waals surface area (Å²) in [5, 5.41) is 3.54. The van der Waals surface area contributed by atoms with Crippen molar-refractivity contribution in [2.75, 3.05) is 10.8 Å². The molecule has 1 aromatic rings. The predicted octanol–water partition coefficient (Wildman–Crippen LogP) is -0.711. The summed E-state index contributed by atoms with van der Waals surface area (Å²) in [6, 6.07) is 5.36. The van der Waals surface area contributed by atoms with Crippen LogP contribution in [0.4, 0.5) is 5.69 Å². The van der Waals surface area contributed by atoms with Gasteiger partial charge < -0.3 is 5.73 Å². The number of primary sulfonamides is 1. The molecule has 0 fully saturated rings. The number of benzene rings is 1. The molecule has 0 aliphatic carbocycles. The van der Waals surface area contributed by atoms with Crippen molar-refractivity contribution in [3.63, 3.8) is 0 Å². The summed E-state index contributed by atoms with van der Waals surface area (Å²) in [5.41, 5.74) is 5.62. The molecule has 0 spiro atoms. The third-order valence-corrected chi connectivity index (χ3v) is 5.06. The molecule has 0 bridgehead atoms. The molecule has 84 valence electrons. The highest BCUT2D eigenvalue weighted by Gasteiger charge is 2.21. The van der Waals surface area contributed by atoms with Crippen molar-refractivity contribution in [1.29, 1.82) is 0 Å². The standard InChI is InChI=1S/C7H10N2O4S2/c8-6-2-1-3-7(4-6)14(10,11)5-15(9,12)13/h1-4H,5,8H2,(H2,9,12,13). The minimum absolute atomic E-state index is 0.156. The lowest BCUT2D eigenvalue weighted by atomic mass is 10.3. The number of rotatable bonds is 3. The van der Waals surface area contributed by atoms with Crippen LogP contribution in [0.5, 0.6) is 0 Å². The lowest BCUT2D eigenvalue weighted by Gasteiger charge is -2.03. The minimum atomic E-state index is -4.07. The van der Waals surface area contributed by atoms with E-state index in [1.54, 1.807) is 0 Å². The quantitative estimate of drug-likeness (QED) is 0.686. The zero-order valence-corrected chi connectivity index (χ0v) is 9.25. The topological polar surface area (TPSA) is 120 Å². The Morgan fingerprint density at radius 2 is 1.73 bits per heavy atom. The molecule has 1 rings (SSSR count). The van der Waals surface area contributed by atoms with E-state index >= 15 is 0 Å². The normalized spacial score (nSPS) is 12.6. The van der Waals surface area contributed by atoms with Crippen molar-refractivity contribution >= 4 is 25.5 Å². The minimum Gasteiger partial charge on any atom is -0.399 e. The smallest absolute Gasteiger partial charge is 0.223 e. The van der Waals surface area contributed by atoms with E-state index in [0.717, 1.165) is 0 Å². The summed E-state index contributed by atoms with van der Waals surface area (Å²) >= 11 is 0. The number of nitrogens with two attached hydrogens (primary N) is 2. The molecule has 0 aliphatic heterocycles. The summed E-state index contributed by atoms with van der Waals surface area (Å²) < 4.78 is 44.3. The van der Waals surface area contributed by atoms with Crippen LogP contribution >= 0.6 is 0 Å². The number of nitrogen functional groups attached to an aromatic ring is 1. The van der Waals surface area contributed by atoms with Crippen LogP contribution < -0.4 is 10.9 Å². The van der Waals surface area contributed by atoms with E-state index in [1.165, 1.54) is 24.3 Å². The number of anilines is 1. The van der Waals surface area contributed by atoms with Crippen molar-refractivity contribution < 1.29 is 16.8 Å². The molecule has 0 saturated heterocycles. The van der Waals surface area contributed by atoms with Gasteiger partial charge in [0, 0.05) is 5.69 Å². The Hall–Kier alpha value is -1.12. The van der Waals surface area contributed by atoms with Crippen LogP contribution in [0.3, 0.4) is 0 Å². The lowest BCUT2D eigenvalue weighted by molar-refractivity contribution is 0.590. The second-order valence-electron chi connectivity index (χ2n) is 2.97. The number of sulfonamides is 1. The monoisotopic (exact) mass is 250 g/mol. The van der Waals surface area contributed by atoms with E-state index in [-0.39, 0.29) is 10.6 Å². The Labute approximate surface area is 87.9 Å². The van der Waals surface area contributed by atoms with Crippen LogP contribution in [-0.4, -0.2) is 21.9 Å². The molecule has 0 saturated carbocycles. The fraction of sp³-hybridized carbons (Fsp3) is 0.143. The molecule has 6 nitrogen and oxygen atoms in total. The first-order valence-corrected chi connectivity index (χ1v) is 7.16. The highest BCUT2D eigenvalue weighted by Crippen LogP contribution is 2.15. The van der Waals surface area contributed by atoms with Crippen LogP contribution in [-0.2, 0) is 19.9 Å². The Bertz CT molecular complexity index is 562. The maximum Gasteiger partial charge on any atom is 0.223 e. The Morgan fingerprint density at radius 3 is 2.20 bits per heavy atom. The Balaban J connectivity index is 3.19. The SMILES string of the molecule is Nc1cccc(S(=O)(=O)CS(N)(=O)=O)c1. The van der Waals surface area contributed by atoms with Gasteiger partial charge >= 0.3 is 0 Å². The number of hydrogen-bond donors (Lipinski definition) is 2. The highest BCUT2D eigenvalue weighted by atomic mass is 32.3. The van der Waals surface area contributed by atoms with Gasteiger partial charge in [-0.25, -0.2) is 22.0 Å². The highest BCUT2D eigenvalue weighted by molar-refractivity contribution is 8.07. The summed E-state index contributed by atoms with van der Waals surface area (Å²) in [7, 11) is -8.01. The molecule has 0 atom stereocenters. The molecule has 15 heavy (non-hydrogen) atoms. The van der Waals surface area contributed by atoms with Gasteiger partial charge in [-0.15, -0.1) is 0 Å². The average molecular weight is 250 g/mol. The number of sulfone groups is 1. The van der Waals surface area contributed by atoms with Gasteiger partial charge in [0.05, 0.1) is 4.90 Å². The fourth-order valence-corrected chi connectivity index (χ4v) is 3.87. The third-order valence-electron chi connectivity index (χ3n) is 1.54. The third kappa shape index (κ3) is 3.50. The van der Waals surface area contributed by atoms with Crippen LogP contribution in [0.1, 0.15) is 0 Å². The summed E-state index contributed by atoms with van der Waals surface area (Å²) in [6.45, 7) is 0. The molecule has 0 heterocycles. The van der Waals surface area contributed by atoms with E-state index in [0.29, 0.717) is 0 Å². The molecule has 0 amide bonds. The zero-order chi connectivity index (χ0) is 11.7. The molecule has 0 radical (unpaired) electrons. The summed E-state index contributed by atoms with van der Waals surface area (Å²) in [5.74, 6) is 0. The van der Waals surface area contributed by atoms with E-state index in [9.17, 15) is 16.8 Å². The molecular formula is C7H10N2O4S2. The molecule has 0 aliphatic rings. The maximum absolute atomic E-state index is 11.5. The second kappa shape index (κ2) is 3.80. The van der Waals surface area contributed by atoms with Crippen molar-refractivity contribution in [1.82, 2.24) is 0 Å². The van der Waals surface area contributed by atoms with Gasteiger partial charge in [0.1, 0.15) is 0 Å². The van der Waals surface area contributed by atoms with E-state index in [1.807, 2.05) is 0 Å². The van der Waals surface area contributed by atoms with Gasteiger partial charge in [-0.05, 0) is 18.2 Å². The first-order valence-electron chi connectivity index (χ1n) is 3.79. The first kappa shape index (κ1) is 12.0. The van der Waals surface area contributed by atoms with Gasteiger partial charge in [0.2, 0.25) is 10.0 Å². The predicted molar refractivity (Wildman–Crippen MR) is 56.0 cm³/mol. The van der Waals surface area contributed by atoms with Gasteiger partial charge in [-0.1, -0.05) is 6.07 Å². The van der Waals surface area contributed by atoms with Crippen LogP contribution in [0.15, 0.2) is 29.2 Å². The second-order valence-corrected chi connectivity index (χ2v) is 6.94. The van der Waals surface area contributed by atoms with Crippen molar-refractivity contribution in [3.8, 4) is 0 Å². The number of hydrogen-bond acceptors (Lipinski definition) is 5. The average Bonchev–Trinajstić information content (AvgIpc) is 1.99. The summed E-state index contributed by atoms with van der Waals surface area (Å²) in [4.78, 5) is -0.156. The Morgan fingerprint density at radius 1 is 1.13 bits per heavy atom. The first-order chi connectivity index (χ1) is 6.71. The molecular weight excluding hydrogens is 240 g/mol. The molecule has 4 N–H and O–H groups in total. The van der Waals surface area contributed by atoms with Gasteiger partial charge in [-0.3, -0.25) is 0 Å². The van der Waals surface area contributed by atoms with Gasteiger partial charge in [-0.2, -0.15) is 0 Å².